The molecule has 408 valence electrons. The van der Waals surface area contributed by atoms with E-state index < -0.39 is 124 Å². The van der Waals surface area contributed by atoms with Gasteiger partial charge in [0.25, 0.3) is 5.56 Å². The summed E-state index contributed by atoms with van der Waals surface area (Å²) in [7, 11) is -19.7. The molecule has 0 aliphatic carbocycles. The number of ether oxygens (including phenoxy) is 4. The van der Waals surface area contributed by atoms with Crippen molar-refractivity contribution in [1.82, 2.24) is 58.6 Å². The quantitative estimate of drug-likeness (QED) is 0.0296. The van der Waals surface area contributed by atoms with E-state index in [9.17, 15) is 63.1 Å². The Bertz CT molecular complexity index is 3260. The minimum atomic E-state index is -6.17. The van der Waals surface area contributed by atoms with Crippen LogP contribution in [0.2, 0.25) is 0 Å². The second-order valence-corrected chi connectivity index (χ2v) is 21.7. The number of H-pyrrole nitrogens is 1. The molecule has 2 aliphatic heterocycles. The van der Waals surface area contributed by atoms with Gasteiger partial charge in [-0.3, -0.25) is 41.6 Å². The Balaban J connectivity index is 0.00000820. The number of fused-ring (bicyclic) bond motifs is 3. The second-order valence-electron chi connectivity index (χ2n) is 15.6. The van der Waals surface area contributed by atoms with Gasteiger partial charge in [0, 0.05) is 22.7 Å². The van der Waals surface area contributed by atoms with Gasteiger partial charge in [-0.25, -0.2) is 53.1 Å². The molecule has 0 radical (unpaired) electrons. The van der Waals surface area contributed by atoms with Crippen molar-refractivity contribution in [2.45, 2.75) is 67.5 Å². The molecule has 8 rings (SSSR count). The Morgan fingerprint density at radius 2 is 1.34 bits per heavy atom. The Morgan fingerprint density at radius 3 is 1.99 bits per heavy atom. The van der Waals surface area contributed by atoms with Gasteiger partial charge in [0.2, 0.25) is 5.95 Å². The average Bonchev–Trinajstić information content (AvgIpc) is 4.17. The number of aromatic amines is 1. The number of nitrogen functional groups attached to an aromatic ring is 2. The fourth-order valence-corrected chi connectivity index (χ4v) is 12.1. The molecule has 0 aromatic carbocycles. The van der Waals surface area contributed by atoms with Crippen LogP contribution in [-0.2, 0) is 63.9 Å². The number of nitrogens with one attached hydrogen (secondary N) is 2. The molecule has 8 heterocycles. The summed E-state index contributed by atoms with van der Waals surface area (Å²) in [4.78, 5) is 88.9. The van der Waals surface area contributed by atoms with Crippen LogP contribution >= 0.6 is 31.3 Å². The highest BCUT2D eigenvalue weighted by Gasteiger charge is 2.53. The van der Waals surface area contributed by atoms with Crippen LogP contribution in [0.15, 0.2) is 36.4 Å². The SMILES string of the molecule is CNc1ncnc2c1ncn2C1OC(COP(=O)(O)OP(=O)(O)OP(=O)(O)OCC2OC(n3cnc4c(N)ncnc43)C(O)C2O)C(OP(=O)(O)OCC(OC)C(O)C(O)n2cnc3c(=O)[nH]c(N)nc32)C1OC.[HH]. The lowest BCUT2D eigenvalue weighted by Crippen LogP contribution is -2.40. The maximum absolute atomic E-state index is 13.7. The Labute approximate surface area is 413 Å². The molecule has 74 heavy (non-hydrogen) atoms. The first-order chi connectivity index (χ1) is 34.9. The summed E-state index contributed by atoms with van der Waals surface area (Å²) >= 11 is 0. The zero-order chi connectivity index (χ0) is 53.7. The topological polar surface area (TPSA) is 537 Å². The second kappa shape index (κ2) is 21.6. The van der Waals surface area contributed by atoms with Gasteiger partial charge in [0.05, 0.1) is 38.8 Å². The van der Waals surface area contributed by atoms with Gasteiger partial charge in [0.1, 0.15) is 72.5 Å². The van der Waals surface area contributed by atoms with Crippen molar-refractivity contribution in [2.24, 2.45) is 0 Å². The molecule has 15 atom stereocenters. The number of aromatic nitrogens is 12. The van der Waals surface area contributed by atoms with E-state index >= 15 is 0 Å². The lowest BCUT2D eigenvalue weighted by Gasteiger charge is -2.28. The summed E-state index contributed by atoms with van der Waals surface area (Å²) in [6.07, 6.45) is -13.3. The van der Waals surface area contributed by atoms with Crippen molar-refractivity contribution in [3.8, 4) is 0 Å². The minimum absolute atomic E-state index is 0. The summed E-state index contributed by atoms with van der Waals surface area (Å²) in [6, 6.07) is 0. The van der Waals surface area contributed by atoms with Gasteiger partial charge in [-0.1, -0.05) is 0 Å². The molecule has 15 unspecified atom stereocenters. The normalized spacial score (nSPS) is 26.9. The van der Waals surface area contributed by atoms with Crippen molar-refractivity contribution in [3.63, 3.8) is 0 Å². The standard InChI is InChI=1S/C32H45N15O23P4.H2/c1-35-24-16-26(39-8-37-24)47(11-41-16)31-22(62-3)21(68-71(53,54)63-4-12(61-2)19(49)29(52)45-9-42-17-27(45)43-32(34)44-28(17)51)14(67-31)6-65-73(57,58)70-74(59,60)69-72(55,56)64-5-13-18(48)20(50)30(66-13)46-10-40-15-23(33)36-7-38-25(15)46;/h7-14,18-22,29-31,48-50,52H,4-6H2,1-3H3,(H,53,54)(H,55,56)(H,57,58)(H,59,60)(H2,33,36,38)(H,35,37,39)(H3,34,43,44,51);1H. The average molecular weight is 1130 g/mol. The fraction of sp³-hybridized carbons (Fsp3) is 0.531. The summed E-state index contributed by atoms with van der Waals surface area (Å²) < 4.78 is 107. The molecule has 2 saturated heterocycles. The van der Waals surface area contributed by atoms with Crippen LogP contribution in [0.4, 0.5) is 17.6 Å². The summed E-state index contributed by atoms with van der Waals surface area (Å²) in [5.74, 6) is -0.120. The van der Waals surface area contributed by atoms with Gasteiger partial charge < -0.3 is 75.7 Å². The zero-order valence-electron chi connectivity index (χ0n) is 37.9. The predicted molar refractivity (Wildman–Crippen MR) is 242 cm³/mol. The number of imidazole rings is 3. The van der Waals surface area contributed by atoms with E-state index in [0.29, 0.717) is 0 Å². The summed E-state index contributed by atoms with van der Waals surface area (Å²) in [6.45, 7) is -3.36. The molecule has 6 aromatic rings. The number of aliphatic hydroxyl groups excluding tert-OH is 4. The lowest BCUT2D eigenvalue weighted by molar-refractivity contribution is -0.116. The van der Waals surface area contributed by atoms with Crippen LogP contribution in [0.5, 0.6) is 0 Å². The molecule has 2 fully saturated rings. The largest absolute Gasteiger partial charge is 0.490 e. The molecule has 0 saturated carbocycles. The maximum Gasteiger partial charge on any atom is 0.490 e. The van der Waals surface area contributed by atoms with Crippen LogP contribution in [0.1, 0.15) is 20.1 Å². The monoisotopic (exact) mass is 1130 g/mol. The molecule has 38 nitrogen and oxygen atoms in total. The van der Waals surface area contributed by atoms with Crippen LogP contribution in [0.3, 0.4) is 0 Å². The van der Waals surface area contributed by atoms with E-state index in [1.165, 1.54) is 15.5 Å². The highest BCUT2D eigenvalue weighted by atomic mass is 31.3. The third-order valence-corrected chi connectivity index (χ3v) is 16.3. The number of phosphoric acid groups is 4. The number of aliphatic hydroxyl groups is 4. The van der Waals surface area contributed by atoms with Gasteiger partial charge in [-0.15, -0.1) is 0 Å². The molecule has 42 heteroatoms. The van der Waals surface area contributed by atoms with Crippen LogP contribution in [0, 0.1) is 0 Å². The molecule has 2 aliphatic rings. The zero-order valence-corrected chi connectivity index (χ0v) is 41.5. The van der Waals surface area contributed by atoms with Crippen molar-refractivity contribution in [1.29, 1.82) is 0 Å². The van der Waals surface area contributed by atoms with Crippen molar-refractivity contribution in [3.05, 3.63) is 42.0 Å². The van der Waals surface area contributed by atoms with E-state index in [-0.39, 0.29) is 52.5 Å². The van der Waals surface area contributed by atoms with E-state index in [2.05, 4.69) is 63.3 Å². The van der Waals surface area contributed by atoms with Gasteiger partial charge in [-0.2, -0.15) is 13.6 Å². The third-order valence-electron chi connectivity index (χ3n) is 11.0. The van der Waals surface area contributed by atoms with E-state index in [1.807, 2.05) is 0 Å². The molecular weight excluding hydrogens is 1090 g/mol. The number of hydrogen-bond acceptors (Lipinski definition) is 30. The first kappa shape index (κ1) is 55.3. The van der Waals surface area contributed by atoms with Crippen LogP contribution in [0.25, 0.3) is 33.5 Å². The van der Waals surface area contributed by atoms with E-state index in [0.717, 1.165) is 44.1 Å². The van der Waals surface area contributed by atoms with E-state index in [4.69, 9.17) is 44.0 Å². The Hall–Kier alpha value is -4.95. The molecule has 0 amide bonds. The highest BCUT2D eigenvalue weighted by Crippen LogP contribution is 2.68. The fourth-order valence-electron chi connectivity index (χ4n) is 7.63. The van der Waals surface area contributed by atoms with Crippen molar-refractivity contribution >= 4 is 82.4 Å². The molecule has 6 aromatic heterocycles. The highest BCUT2D eigenvalue weighted by molar-refractivity contribution is 7.66. The molecular formula is C32H47N15O23P4. The lowest BCUT2D eigenvalue weighted by atomic mass is 10.1. The van der Waals surface area contributed by atoms with E-state index in [1.54, 1.807) is 7.05 Å². The number of nitrogens with two attached hydrogens (primary N) is 2. The number of rotatable bonds is 23. The Morgan fingerprint density at radius 1 is 0.743 bits per heavy atom. The summed E-state index contributed by atoms with van der Waals surface area (Å²) in [5, 5.41) is 46.2. The first-order valence-electron chi connectivity index (χ1n) is 20.8. The van der Waals surface area contributed by atoms with Crippen molar-refractivity contribution < 1.29 is 105 Å². The molecule has 14 N–H and O–H groups in total. The van der Waals surface area contributed by atoms with Gasteiger partial charge in [0.15, 0.2) is 52.8 Å². The first-order valence-corrected chi connectivity index (χ1v) is 26.8. The smallest absolute Gasteiger partial charge is 0.387 e. The van der Waals surface area contributed by atoms with Crippen molar-refractivity contribution in [2.75, 3.05) is 57.9 Å². The van der Waals surface area contributed by atoms with Crippen LogP contribution in [-0.4, -0.2) is 188 Å². The number of phosphoric ester groups is 3. The number of nitrogens with zero attached hydrogens (tertiary/aromatic N) is 11. The number of hydrogen-bond donors (Lipinski definition) is 12. The molecule has 0 spiro atoms. The minimum Gasteiger partial charge on any atom is -0.387 e. The van der Waals surface area contributed by atoms with Crippen LogP contribution < -0.4 is 22.3 Å². The Kier molecular flexibility index (Phi) is 16.1. The predicted octanol–water partition coefficient (Wildman–Crippen LogP) is -2.48. The number of anilines is 3. The molecule has 0 bridgehead atoms. The number of methoxy groups -OCH3 is 2. The maximum atomic E-state index is 13.7. The third kappa shape index (κ3) is 11.6. The summed E-state index contributed by atoms with van der Waals surface area (Å²) in [5.41, 5.74) is 10.6. The van der Waals surface area contributed by atoms with Gasteiger partial charge >= 0.3 is 31.3 Å². The van der Waals surface area contributed by atoms with Gasteiger partial charge in [-0.05, 0) is 0 Å².